The molecule has 0 aromatic heterocycles. The van der Waals surface area contributed by atoms with Gasteiger partial charge in [-0.15, -0.1) is 0 Å². The van der Waals surface area contributed by atoms with Crippen molar-refractivity contribution in [3.05, 3.63) is 35.9 Å². The lowest BCUT2D eigenvalue weighted by molar-refractivity contribution is -0.167. The molecular weight excluding hydrogens is 344 g/mol. The van der Waals surface area contributed by atoms with E-state index in [4.69, 9.17) is 4.74 Å². The lowest BCUT2D eigenvalue weighted by Crippen LogP contribution is -2.58. The van der Waals surface area contributed by atoms with Gasteiger partial charge in [-0.05, 0) is 11.0 Å². The van der Waals surface area contributed by atoms with Gasteiger partial charge in [-0.1, -0.05) is 51.1 Å². The summed E-state index contributed by atoms with van der Waals surface area (Å²) < 4.78 is 6.00. The Morgan fingerprint density at radius 1 is 1.19 bits per heavy atom. The largest absolute Gasteiger partial charge is 0.480 e. The molecule has 1 unspecified atom stereocenters. The van der Waals surface area contributed by atoms with Crippen molar-refractivity contribution in [1.82, 2.24) is 9.80 Å². The third-order valence-electron chi connectivity index (χ3n) is 5.38. The Hall–Kier alpha value is -1.92. The lowest BCUT2D eigenvalue weighted by atomic mass is 9.89. The number of carboxylic acids is 1. The van der Waals surface area contributed by atoms with Crippen LogP contribution in [0.3, 0.4) is 0 Å². The quantitative estimate of drug-likeness (QED) is 0.878. The van der Waals surface area contributed by atoms with Crippen molar-refractivity contribution in [2.75, 3.05) is 19.7 Å². The maximum absolute atomic E-state index is 13.0. The number of aliphatic carboxylic acids is 1. The monoisotopic (exact) mass is 374 g/mol. The number of nitrogens with zero attached hydrogens (tertiary/aromatic N) is 2. The molecular formula is C21H30N2O4. The SMILES string of the molecule is CC(C)(C)CC(=O)N1C(C(=O)O)COC12CCN(Cc1ccccc1)CC2. The van der Waals surface area contributed by atoms with Gasteiger partial charge in [0.1, 0.15) is 5.72 Å². The van der Waals surface area contributed by atoms with Crippen LogP contribution >= 0.6 is 0 Å². The van der Waals surface area contributed by atoms with Gasteiger partial charge in [0.2, 0.25) is 5.91 Å². The number of piperidine rings is 1. The zero-order valence-electron chi connectivity index (χ0n) is 16.5. The van der Waals surface area contributed by atoms with Crippen molar-refractivity contribution in [2.45, 2.75) is 58.3 Å². The van der Waals surface area contributed by atoms with E-state index >= 15 is 0 Å². The number of ether oxygens (including phenoxy) is 1. The van der Waals surface area contributed by atoms with Crippen LogP contribution in [0.1, 0.15) is 45.6 Å². The molecule has 2 heterocycles. The van der Waals surface area contributed by atoms with Crippen molar-refractivity contribution in [3.63, 3.8) is 0 Å². The van der Waals surface area contributed by atoms with E-state index < -0.39 is 17.7 Å². The van der Waals surface area contributed by atoms with E-state index in [9.17, 15) is 14.7 Å². The molecule has 0 aliphatic carbocycles. The molecule has 3 rings (SSSR count). The summed E-state index contributed by atoms with van der Waals surface area (Å²) in [7, 11) is 0. The Kier molecular flexibility index (Phi) is 5.58. The van der Waals surface area contributed by atoms with Crippen LogP contribution in [-0.2, 0) is 20.9 Å². The summed E-state index contributed by atoms with van der Waals surface area (Å²) in [6.45, 7) is 8.46. The Morgan fingerprint density at radius 2 is 1.81 bits per heavy atom. The molecule has 1 N–H and O–H groups in total. The second-order valence-electron chi connectivity index (χ2n) is 8.87. The first-order chi connectivity index (χ1) is 12.7. The normalized spacial score (nSPS) is 22.9. The second kappa shape index (κ2) is 7.60. The van der Waals surface area contributed by atoms with Crippen LogP contribution in [0.2, 0.25) is 0 Å². The summed E-state index contributed by atoms with van der Waals surface area (Å²) in [5.74, 6) is -1.11. The molecule has 148 valence electrons. The molecule has 2 fully saturated rings. The van der Waals surface area contributed by atoms with E-state index in [1.807, 2.05) is 39.0 Å². The minimum atomic E-state index is -0.985. The van der Waals surface area contributed by atoms with Crippen molar-refractivity contribution in [2.24, 2.45) is 5.41 Å². The van der Waals surface area contributed by atoms with Crippen LogP contribution in [0.5, 0.6) is 0 Å². The van der Waals surface area contributed by atoms with Gasteiger partial charge in [0, 0.05) is 38.9 Å². The number of hydrogen-bond acceptors (Lipinski definition) is 4. The van der Waals surface area contributed by atoms with E-state index in [1.165, 1.54) is 5.56 Å². The smallest absolute Gasteiger partial charge is 0.328 e. The standard InChI is InChI=1S/C21H30N2O4/c1-20(2,3)13-18(24)23-17(19(25)26)15-27-21(23)9-11-22(12-10-21)14-16-7-5-4-6-8-16/h4-8,17H,9-15H2,1-3H3,(H,25,26). The van der Waals surface area contributed by atoms with Gasteiger partial charge < -0.3 is 9.84 Å². The minimum absolute atomic E-state index is 0.0733. The van der Waals surface area contributed by atoms with Gasteiger partial charge >= 0.3 is 5.97 Å². The molecule has 2 aliphatic heterocycles. The molecule has 6 heteroatoms. The van der Waals surface area contributed by atoms with Crippen LogP contribution < -0.4 is 0 Å². The van der Waals surface area contributed by atoms with E-state index in [-0.39, 0.29) is 17.9 Å². The van der Waals surface area contributed by atoms with Crippen molar-refractivity contribution >= 4 is 11.9 Å². The lowest BCUT2D eigenvalue weighted by Gasteiger charge is -2.45. The summed E-state index contributed by atoms with van der Waals surface area (Å²) in [6, 6.07) is 9.40. The average Bonchev–Trinajstić information content (AvgIpc) is 2.96. The number of benzene rings is 1. The first-order valence-electron chi connectivity index (χ1n) is 9.65. The maximum Gasteiger partial charge on any atom is 0.328 e. The molecule has 6 nitrogen and oxygen atoms in total. The maximum atomic E-state index is 13.0. The van der Waals surface area contributed by atoms with E-state index in [2.05, 4.69) is 17.0 Å². The number of likely N-dealkylation sites (tertiary alicyclic amines) is 1. The molecule has 1 aromatic carbocycles. The predicted octanol–water partition coefficient (Wildman–Crippen LogP) is 2.73. The highest BCUT2D eigenvalue weighted by atomic mass is 16.5. The molecule has 27 heavy (non-hydrogen) atoms. The van der Waals surface area contributed by atoms with Gasteiger partial charge in [-0.2, -0.15) is 0 Å². The van der Waals surface area contributed by atoms with Crippen LogP contribution in [-0.4, -0.2) is 58.2 Å². The van der Waals surface area contributed by atoms with Gasteiger partial charge in [0.15, 0.2) is 6.04 Å². The molecule has 1 spiro atoms. The first kappa shape index (κ1) is 19.8. The van der Waals surface area contributed by atoms with Crippen molar-refractivity contribution in [3.8, 4) is 0 Å². The number of amides is 1. The fourth-order valence-corrected chi connectivity index (χ4v) is 4.07. The molecule has 0 saturated carbocycles. The van der Waals surface area contributed by atoms with Gasteiger partial charge in [0.25, 0.3) is 0 Å². The topological polar surface area (TPSA) is 70.1 Å². The molecule has 1 amide bonds. The minimum Gasteiger partial charge on any atom is -0.480 e. The molecule has 1 atom stereocenters. The molecule has 2 saturated heterocycles. The van der Waals surface area contributed by atoms with Gasteiger partial charge in [-0.25, -0.2) is 4.79 Å². The third kappa shape index (κ3) is 4.50. The number of hydrogen-bond donors (Lipinski definition) is 1. The summed E-state index contributed by atoms with van der Waals surface area (Å²) in [4.78, 5) is 28.6. The van der Waals surface area contributed by atoms with Crippen molar-refractivity contribution < 1.29 is 19.4 Å². The fraction of sp³-hybridized carbons (Fsp3) is 0.619. The summed E-state index contributed by atoms with van der Waals surface area (Å²) in [5.41, 5.74) is 0.279. The van der Waals surface area contributed by atoms with Crippen LogP contribution in [0.15, 0.2) is 30.3 Å². The highest BCUT2D eigenvalue weighted by Gasteiger charge is 2.53. The van der Waals surface area contributed by atoms with Crippen LogP contribution in [0.4, 0.5) is 0 Å². The predicted molar refractivity (Wildman–Crippen MR) is 102 cm³/mol. The highest BCUT2D eigenvalue weighted by molar-refractivity contribution is 5.85. The van der Waals surface area contributed by atoms with E-state index in [0.717, 1.165) is 19.6 Å². The summed E-state index contributed by atoms with van der Waals surface area (Å²) >= 11 is 0. The van der Waals surface area contributed by atoms with E-state index in [1.54, 1.807) is 4.90 Å². The number of rotatable bonds is 4. The number of carboxylic acid groups (broad SMARTS) is 1. The Bertz CT molecular complexity index is 675. The van der Waals surface area contributed by atoms with Gasteiger partial charge in [0.05, 0.1) is 6.61 Å². The summed E-state index contributed by atoms with van der Waals surface area (Å²) in [5, 5.41) is 9.61. The Labute approximate surface area is 161 Å². The number of carbonyl (C=O) groups is 2. The zero-order chi connectivity index (χ0) is 19.7. The highest BCUT2D eigenvalue weighted by Crippen LogP contribution is 2.39. The molecule has 2 aliphatic rings. The van der Waals surface area contributed by atoms with Gasteiger partial charge in [-0.3, -0.25) is 14.6 Å². The third-order valence-corrected chi connectivity index (χ3v) is 5.38. The molecule has 1 aromatic rings. The fourth-order valence-electron chi connectivity index (χ4n) is 4.07. The Balaban J connectivity index is 1.72. The van der Waals surface area contributed by atoms with Crippen LogP contribution in [0, 0.1) is 5.41 Å². The number of carbonyl (C=O) groups excluding carboxylic acids is 1. The Morgan fingerprint density at radius 3 is 2.37 bits per heavy atom. The van der Waals surface area contributed by atoms with Crippen molar-refractivity contribution in [1.29, 1.82) is 0 Å². The molecule has 0 radical (unpaired) electrons. The molecule has 0 bridgehead atoms. The first-order valence-corrected chi connectivity index (χ1v) is 9.65. The van der Waals surface area contributed by atoms with E-state index in [0.29, 0.717) is 19.3 Å². The second-order valence-corrected chi connectivity index (χ2v) is 8.87. The zero-order valence-corrected chi connectivity index (χ0v) is 16.5. The average molecular weight is 374 g/mol. The summed E-state index contributed by atoms with van der Waals surface area (Å²) in [6.07, 6.45) is 1.59. The van der Waals surface area contributed by atoms with Crippen LogP contribution in [0.25, 0.3) is 0 Å².